The first-order valence-corrected chi connectivity index (χ1v) is 9.96. The first-order chi connectivity index (χ1) is 12.5. The lowest BCUT2D eigenvalue weighted by Gasteiger charge is -1.99. The van der Waals surface area contributed by atoms with Gasteiger partial charge < -0.3 is 0 Å². The van der Waals surface area contributed by atoms with Gasteiger partial charge >= 0.3 is 0 Å². The molecule has 0 spiro atoms. The first-order valence-electron chi connectivity index (χ1n) is 8.38. The molecule has 0 saturated heterocycles. The number of thiazole rings is 1. The van der Waals surface area contributed by atoms with Crippen molar-refractivity contribution in [1.29, 1.82) is 0 Å². The van der Waals surface area contributed by atoms with Crippen LogP contribution in [0.3, 0.4) is 0 Å². The maximum absolute atomic E-state index is 12.1. The Kier molecular flexibility index (Phi) is 6.30. The molecule has 0 unspecified atom stereocenters. The number of nitrogens with one attached hydrogen (secondary N) is 1. The molecule has 0 aliphatic heterocycles. The minimum Gasteiger partial charge on any atom is -0.298 e. The average molecular weight is 405 g/mol. The van der Waals surface area contributed by atoms with Gasteiger partial charge in [-0.2, -0.15) is 0 Å². The van der Waals surface area contributed by atoms with Crippen molar-refractivity contribution < 1.29 is 4.79 Å². The van der Waals surface area contributed by atoms with E-state index in [4.69, 9.17) is 23.2 Å². The van der Waals surface area contributed by atoms with Gasteiger partial charge in [-0.3, -0.25) is 10.1 Å². The largest absolute Gasteiger partial charge is 0.298 e. The van der Waals surface area contributed by atoms with Crippen LogP contribution in [0, 0.1) is 0 Å². The van der Waals surface area contributed by atoms with Crippen molar-refractivity contribution in [2.24, 2.45) is 0 Å². The van der Waals surface area contributed by atoms with E-state index in [2.05, 4.69) is 29.4 Å². The van der Waals surface area contributed by atoms with Gasteiger partial charge in [-0.05, 0) is 54.3 Å². The molecule has 0 atom stereocenters. The van der Waals surface area contributed by atoms with Crippen LogP contribution < -0.4 is 5.32 Å². The van der Waals surface area contributed by atoms with Gasteiger partial charge in [0.25, 0.3) is 0 Å². The SMILES string of the molecule is CCCCc1ccc2nc(NC(=O)C=Cc3ccc(Cl)cc3Cl)sc2c1. The lowest BCUT2D eigenvalue weighted by Crippen LogP contribution is -2.07. The molecule has 0 saturated carbocycles. The summed E-state index contributed by atoms with van der Waals surface area (Å²) in [6.45, 7) is 2.18. The Labute approximate surface area is 166 Å². The van der Waals surface area contributed by atoms with Crippen molar-refractivity contribution in [1.82, 2.24) is 4.98 Å². The minimum absolute atomic E-state index is 0.249. The predicted molar refractivity (Wildman–Crippen MR) is 112 cm³/mol. The second-order valence-corrected chi connectivity index (χ2v) is 7.79. The molecule has 6 heteroatoms. The summed E-state index contributed by atoms with van der Waals surface area (Å²) in [5, 5.41) is 4.46. The molecule has 3 aromatic rings. The zero-order valence-corrected chi connectivity index (χ0v) is 16.6. The molecule has 3 nitrogen and oxygen atoms in total. The summed E-state index contributed by atoms with van der Waals surface area (Å²) in [6.07, 6.45) is 6.51. The van der Waals surface area contributed by atoms with E-state index >= 15 is 0 Å². The number of halogens is 2. The van der Waals surface area contributed by atoms with Crippen molar-refractivity contribution in [3.8, 4) is 0 Å². The third-order valence-electron chi connectivity index (χ3n) is 3.88. The van der Waals surface area contributed by atoms with Crippen molar-refractivity contribution >= 4 is 61.9 Å². The maximum Gasteiger partial charge on any atom is 0.250 e. The second-order valence-electron chi connectivity index (χ2n) is 5.91. The van der Waals surface area contributed by atoms with E-state index in [-0.39, 0.29) is 5.91 Å². The van der Waals surface area contributed by atoms with Gasteiger partial charge in [0.1, 0.15) is 0 Å². The number of unbranched alkanes of at least 4 members (excludes halogenated alkanes) is 1. The van der Waals surface area contributed by atoms with E-state index in [0.29, 0.717) is 15.2 Å². The minimum atomic E-state index is -0.249. The summed E-state index contributed by atoms with van der Waals surface area (Å²) >= 11 is 13.4. The van der Waals surface area contributed by atoms with Gasteiger partial charge in [0.2, 0.25) is 5.91 Å². The van der Waals surface area contributed by atoms with Gasteiger partial charge in [0.15, 0.2) is 5.13 Å². The van der Waals surface area contributed by atoms with Crippen molar-refractivity contribution in [3.63, 3.8) is 0 Å². The fourth-order valence-corrected chi connectivity index (χ4v) is 3.91. The Morgan fingerprint density at radius 3 is 2.85 bits per heavy atom. The van der Waals surface area contributed by atoms with E-state index in [1.165, 1.54) is 35.8 Å². The Morgan fingerprint density at radius 2 is 2.08 bits per heavy atom. The van der Waals surface area contributed by atoms with E-state index in [1.54, 1.807) is 24.3 Å². The molecule has 1 amide bonds. The zero-order valence-electron chi connectivity index (χ0n) is 14.3. The summed E-state index contributed by atoms with van der Waals surface area (Å²) in [6, 6.07) is 11.4. The Morgan fingerprint density at radius 1 is 1.23 bits per heavy atom. The highest BCUT2D eigenvalue weighted by Gasteiger charge is 2.07. The number of nitrogens with zero attached hydrogens (tertiary/aromatic N) is 1. The summed E-state index contributed by atoms with van der Waals surface area (Å²) in [5.74, 6) is -0.249. The van der Waals surface area contributed by atoms with Gasteiger partial charge in [-0.1, -0.05) is 60.0 Å². The second kappa shape index (κ2) is 8.67. The van der Waals surface area contributed by atoms with Crippen LogP contribution in [0.15, 0.2) is 42.5 Å². The number of carbonyl (C=O) groups excluding carboxylic acids is 1. The van der Waals surface area contributed by atoms with Crippen molar-refractivity contribution in [3.05, 3.63) is 63.6 Å². The smallest absolute Gasteiger partial charge is 0.250 e. The number of hydrogen-bond donors (Lipinski definition) is 1. The Bertz CT molecular complexity index is 966. The fourth-order valence-electron chi connectivity index (χ4n) is 2.51. The van der Waals surface area contributed by atoms with E-state index in [0.717, 1.165) is 22.2 Å². The summed E-state index contributed by atoms with van der Waals surface area (Å²) in [4.78, 5) is 16.6. The van der Waals surface area contributed by atoms with Crippen LogP contribution in [-0.2, 0) is 11.2 Å². The summed E-state index contributed by atoms with van der Waals surface area (Å²) in [5.41, 5.74) is 2.93. The van der Waals surface area contributed by atoms with Crippen LogP contribution in [0.2, 0.25) is 10.0 Å². The molecule has 2 aromatic carbocycles. The van der Waals surface area contributed by atoms with E-state index in [9.17, 15) is 4.79 Å². The molecule has 0 fully saturated rings. The molecule has 0 aliphatic rings. The molecule has 1 heterocycles. The number of fused-ring (bicyclic) bond motifs is 1. The Hall–Kier alpha value is -1.88. The highest BCUT2D eigenvalue weighted by molar-refractivity contribution is 7.22. The first kappa shape index (κ1) is 18.9. The monoisotopic (exact) mass is 404 g/mol. The highest BCUT2D eigenvalue weighted by Crippen LogP contribution is 2.27. The number of aromatic nitrogens is 1. The fraction of sp³-hybridized carbons (Fsp3) is 0.200. The van der Waals surface area contributed by atoms with Crippen LogP contribution in [0.25, 0.3) is 16.3 Å². The summed E-state index contributed by atoms with van der Waals surface area (Å²) < 4.78 is 1.08. The van der Waals surface area contributed by atoms with Gasteiger partial charge in [0, 0.05) is 16.1 Å². The number of anilines is 1. The molecule has 1 N–H and O–H groups in total. The van der Waals surface area contributed by atoms with E-state index in [1.807, 2.05) is 6.07 Å². The van der Waals surface area contributed by atoms with Crippen LogP contribution in [0.5, 0.6) is 0 Å². The van der Waals surface area contributed by atoms with Crippen LogP contribution >= 0.6 is 34.5 Å². The number of aryl methyl sites for hydroxylation is 1. The molecule has 0 aliphatic carbocycles. The molecule has 0 radical (unpaired) electrons. The quantitative estimate of drug-likeness (QED) is 0.470. The zero-order chi connectivity index (χ0) is 18.5. The van der Waals surface area contributed by atoms with Gasteiger partial charge in [-0.25, -0.2) is 4.98 Å². The topological polar surface area (TPSA) is 42.0 Å². The average Bonchev–Trinajstić information content (AvgIpc) is 3.00. The maximum atomic E-state index is 12.1. The number of carbonyl (C=O) groups is 1. The van der Waals surface area contributed by atoms with Crippen LogP contribution in [-0.4, -0.2) is 10.9 Å². The highest BCUT2D eigenvalue weighted by atomic mass is 35.5. The third-order valence-corrected chi connectivity index (χ3v) is 5.37. The molecule has 0 bridgehead atoms. The molecule has 1 aromatic heterocycles. The molecular formula is C20H18Cl2N2OS. The predicted octanol–water partition coefficient (Wildman–Crippen LogP) is 6.60. The van der Waals surface area contributed by atoms with Crippen LogP contribution in [0.4, 0.5) is 5.13 Å². The normalized spacial score (nSPS) is 11.3. The lowest BCUT2D eigenvalue weighted by molar-refractivity contribution is -0.111. The molecule has 134 valence electrons. The number of benzene rings is 2. The third kappa shape index (κ3) is 4.85. The molecular weight excluding hydrogens is 387 g/mol. The summed E-state index contributed by atoms with van der Waals surface area (Å²) in [7, 11) is 0. The van der Waals surface area contributed by atoms with Crippen molar-refractivity contribution in [2.45, 2.75) is 26.2 Å². The van der Waals surface area contributed by atoms with Gasteiger partial charge in [0.05, 0.1) is 10.2 Å². The van der Waals surface area contributed by atoms with Crippen molar-refractivity contribution in [2.75, 3.05) is 5.32 Å². The van der Waals surface area contributed by atoms with Crippen LogP contribution in [0.1, 0.15) is 30.9 Å². The molecule has 26 heavy (non-hydrogen) atoms. The molecule has 3 rings (SSSR count). The standard InChI is InChI=1S/C20H18Cl2N2OS/c1-2-3-4-13-5-9-17-18(11-13)26-20(23-17)24-19(25)10-7-14-6-8-15(21)12-16(14)22/h5-12H,2-4H2,1H3,(H,23,24,25). The number of amides is 1. The van der Waals surface area contributed by atoms with Gasteiger partial charge in [-0.15, -0.1) is 0 Å². The lowest BCUT2D eigenvalue weighted by atomic mass is 10.1. The Balaban J connectivity index is 1.69. The van der Waals surface area contributed by atoms with E-state index < -0.39 is 0 Å². The number of hydrogen-bond acceptors (Lipinski definition) is 3. The number of rotatable bonds is 6.